The molecule has 1 fully saturated rings. The normalized spacial score (nSPS) is 17.1. The molecule has 0 atom stereocenters. The average Bonchev–Trinajstić information content (AvgIpc) is 2.34. The van der Waals surface area contributed by atoms with E-state index in [1.807, 2.05) is 12.3 Å². The molecule has 1 aromatic heterocycles. The van der Waals surface area contributed by atoms with E-state index in [0.29, 0.717) is 11.5 Å². The number of hydrogen-bond donors (Lipinski definition) is 1. The monoisotopic (exact) mass is 263 g/mol. The minimum atomic E-state index is 0.318. The quantitative estimate of drug-likeness (QED) is 0.848. The Hall–Kier alpha value is -1.36. The molecule has 1 aliphatic carbocycles. The highest BCUT2D eigenvalue weighted by atomic mass is 15.3. The molecule has 0 bridgehead atoms. The highest BCUT2D eigenvalue weighted by Gasteiger charge is 2.40. The predicted octanol–water partition coefficient (Wildman–Crippen LogP) is 1.83. The van der Waals surface area contributed by atoms with Gasteiger partial charge in [-0.15, -0.1) is 0 Å². The summed E-state index contributed by atoms with van der Waals surface area (Å²) in [5.74, 6) is 1.69. The second kappa shape index (κ2) is 5.74. The van der Waals surface area contributed by atoms with Crippen LogP contribution in [0.2, 0.25) is 0 Å². The summed E-state index contributed by atoms with van der Waals surface area (Å²) in [5, 5.41) is 3.16. The molecular weight excluding hydrogens is 238 g/mol. The van der Waals surface area contributed by atoms with E-state index in [9.17, 15) is 0 Å². The Bertz CT molecular complexity index is 414. The van der Waals surface area contributed by atoms with Gasteiger partial charge in [0.05, 0.1) is 0 Å². The van der Waals surface area contributed by atoms with Crippen LogP contribution >= 0.6 is 0 Å². The zero-order valence-corrected chi connectivity index (χ0v) is 12.5. The van der Waals surface area contributed by atoms with Crippen molar-refractivity contribution in [1.82, 2.24) is 14.9 Å². The summed E-state index contributed by atoms with van der Waals surface area (Å²) in [5.41, 5.74) is 0.318. The van der Waals surface area contributed by atoms with Gasteiger partial charge >= 0.3 is 0 Å². The number of nitrogens with one attached hydrogen (secondary N) is 1. The van der Waals surface area contributed by atoms with Gasteiger partial charge in [-0.25, -0.2) is 4.98 Å². The van der Waals surface area contributed by atoms with Gasteiger partial charge in [0, 0.05) is 31.9 Å². The third-order valence-electron chi connectivity index (χ3n) is 4.13. The molecule has 5 nitrogen and oxygen atoms in total. The van der Waals surface area contributed by atoms with Gasteiger partial charge in [-0.3, -0.25) is 0 Å². The Morgan fingerprint density at radius 1 is 1.32 bits per heavy atom. The number of aromatic nitrogens is 2. The minimum Gasteiger partial charge on any atom is -0.358 e. The zero-order valence-electron chi connectivity index (χ0n) is 12.5. The van der Waals surface area contributed by atoms with Crippen LogP contribution in [-0.2, 0) is 0 Å². The number of likely N-dealkylation sites (N-methyl/N-ethyl adjacent to an activating group) is 2. The van der Waals surface area contributed by atoms with Gasteiger partial charge in [0.25, 0.3) is 0 Å². The summed E-state index contributed by atoms with van der Waals surface area (Å²) in [4.78, 5) is 13.4. The van der Waals surface area contributed by atoms with Gasteiger partial charge < -0.3 is 15.1 Å². The molecule has 1 heterocycles. The molecule has 0 unspecified atom stereocenters. The van der Waals surface area contributed by atoms with Crippen molar-refractivity contribution in [1.29, 1.82) is 0 Å². The molecule has 0 amide bonds. The molecule has 2 rings (SSSR count). The van der Waals surface area contributed by atoms with Crippen molar-refractivity contribution in [2.24, 2.45) is 0 Å². The van der Waals surface area contributed by atoms with Gasteiger partial charge in [0.1, 0.15) is 5.82 Å². The van der Waals surface area contributed by atoms with Crippen LogP contribution < -0.4 is 10.2 Å². The first-order valence-electron chi connectivity index (χ1n) is 7.03. The predicted molar refractivity (Wildman–Crippen MR) is 79.7 cm³/mol. The van der Waals surface area contributed by atoms with E-state index >= 15 is 0 Å². The average molecular weight is 263 g/mol. The molecule has 1 aliphatic rings. The van der Waals surface area contributed by atoms with Gasteiger partial charge in [0.15, 0.2) is 0 Å². The van der Waals surface area contributed by atoms with E-state index in [0.717, 1.165) is 18.9 Å². The third-order valence-corrected chi connectivity index (χ3v) is 4.13. The van der Waals surface area contributed by atoms with Gasteiger partial charge in [0.2, 0.25) is 5.95 Å². The molecule has 1 aromatic rings. The van der Waals surface area contributed by atoms with Crippen LogP contribution in [0.15, 0.2) is 12.3 Å². The van der Waals surface area contributed by atoms with Crippen LogP contribution in [-0.4, -0.2) is 54.6 Å². The smallest absolute Gasteiger partial charge is 0.224 e. The Kier molecular flexibility index (Phi) is 4.24. The van der Waals surface area contributed by atoms with Crippen molar-refractivity contribution < 1.29 is 0 Å². The maximum Gasteiger partial charge on any atom is 0.224 e. The Morgan fingerprint density at radius 2 is 2.05 bits per heavy atom. The van der Waals surface area contributed by atoms with Crippen molar-refractivity contribution >= 4 is 11.8 Å². The highest BCUT2D eigenvalue weighted by Crippen LogP contribution is 2.37. The van der Waals surface area contributed by atoms with Crippen molar-refractivity contribution in [2.75, 3.05) is 44.4 Å². The summed E-state index contributed by atoms with van der Waals surface area (Å²) in [7, 11) is 6.47. The summed E-state index contributed by atoms with van der Waals surface area (Å²) in [6.07, 6.45) is 5.70. The van der Waals surface area contributed by atoms with Gasteiger partial charge in [-0.05, 0) is 46.3 Å². The fourth-order valence-electron chi connectivity index (χ4n) is 2.66. The van der Waals surface area contributed by atoms with E-state index in [1.165, 1.54) is 19.3 Å². The van der Waals surface area contributed by atoms with Gasteiger partial charge in [-0.2, -0.15) is 4.98 Å². The van der Waals surface area contributed by atoms with Crippen LogP contribution in [0.25, 0.3) is 0 Å². The fraction of sp³-hybridized carbons (Fsp3) is 0.714. The van der Waals surface area contributed by atoms with Crippen molar-refractivity contribution in [2.45, 2.75) is 31.7 Å². The number of rotatable bonds is 6. The summed E-state index contributed by atoms with van der Waals surface area (Å²) in [6.45, 7) is 3.91. The molecule has 0 saturated heterocycles. The van der Waals surface area contributed by atoms with Gasteiger partial charge in [-0.1, -0.05) is 0 Å². The summed E-state index contributed by atoms with van der Waals surface area (Å²) < 4.78 is 0. The molecule has 0 radical (unpaired) electrons. The molecule has 19 heavy (non-hydrogen) atoms. The fourth-order valence-corrected chi connectivity index (χ4v) is 2.66. The van der Waals surface area contributed by atoms with Crippen LogP contribution in [0, 0.1) is 0 Å². The molecule has 5 heteroatoms. The second-order valence-electron chi connectivity index (χ2n) is 5.60. The SMILES string of the molecule is CCNc1nccc(N(C)CC2(N(C)C)CCC2)n1. The molecule has 1 saturated carbocycles. The van der Waals surface area contributed by atoms with Crippen LogP contribution in [0.1, 0.15) is 26.2 Å². The van der Waals surface area contributed by atoms with Crippen LogP contribution in [0.4, 0.5) is 11.8 Å². The number of anilines is 2. The lowest BCUT2D eigenvalue weighted by atomic mass is 9.75. The lowest BCUT2D eigenvalue weighted by Crippen LogP contribution is -2.56. The summed E-state index contributed by atoms with van der Waals surface area (Å²) in [6, 6.07) is 1.98. The van der Waals surface area contributed by atoms with Crippen molar-refractivity contribution in [3.05, 3.63) is 12.3 Å². The Balaban J connectivity index is 2.06. The van der Waals surface area contributed by atoms with E-state index in [2.05, 4.69) is 53.2 Å². The molecular formula is C14H25N5. The molecule has 0 aliphatic heterocycles. The third kappa shape index (κ3) is 2.97. The van der Waals surface area contributed by atoms with E-state index < -0.39 is 0 Å². The first kappa shape index (κ1) is 14.1. The Morgan fingerprint density at radius 3 is 2.58 bits per heavy atom. The van der Waals surface area contributed by atoms with Crippen LogP contribution in [0.3, 0.4) is 0 Å². The lowest BCUT2D eigenvalue weighted by Gasteiger charge is -2.49. The van der Waals surface area contributed by atoms with Crippen molar-refractivity contribution in [3.8, 4) is 0 Å². The number of hydrogen-bond acceptors (Lipinski definition) is 5. The molecule has 1 N–H and O–H groups in total. The largest absolute Gasteiger partial charge is 0.358 e. The maximum absolute atomic E-state index is 4.55. The van der Waals surface area contributed by atoms with Crippen molar-refractivity contribution in [3.63, 3.8) is 0 Å². The Labute approximate surface area is 116 Å². The standard InChI is InChI=1S/C14H25N5/c1-5-15-13-16-10-7-12(17-13)19(4)11-14(18(2)3)8-6-9-14/h7,10H,5-6,8-9,11H2,1-4H3,(H,15,16,17). The molecule has 0 spiro atoms. The number of nitrogens with zero attached hydrogens (tertiary/aromatic N) is 4. The first-order valence-corrected chi connectivity index (χ1v) is 7.03. The minimum absolute atomic E-state index is 0.318. The zero-order chi connectivity index (χ0) is 13.9. The molecule has 106 valence electrons. The lowest BCUT2D eigenvalue weighted by molar-refractivity contribution is 0.0682. The van der Waals surface area contributed by atoms with E-state index in [-0.39, 0.29) is 0 Å². The summed E-state index contributed by atoms with van der Waals surface area (Å²) >= 11 is 0. The maximum atomic E-state index is 4.55. The first-order chi connectivity index (χ1) is 9.07. The van der Waals surface area contributed by atoms with E-state index in [1.54, 1.807) is 0 Å². The second-order valence-corrected chi connectivity index (χ2v) is 5.60. The van der Waals surface area contributed by atoms with E-state index in [4.69, 9.17) is 0 Å². The van der Waals surface area contributed by atoms with Crippen LogP contribution in [0.5, 0.6) is 0 Å². The molecule has 0 aromatic carbocycles. The highest BCUT2D eigenvalue weighted by molar-refractivity contribution is 5.42. The topological polar surface area (TPSA) is 44.3 Å².